The first-order chi connectivity index (χ1) is 20.9. The minimum Gasteiger partial charge on any atom is -0.497 e. The molecule has 2 aromatic heterocycles. The van der Waals surface area contributed by atoms with Gasteiger partial charge in [0.2, 0.25) is 5.91 Å². The molecule has 1 saturated carbocycles. The number of hydrogen-bond donors (Lipinski definition) is 1. The zero-order chi connectivity index (χ0) is 29.9. The van der Waals surface area contributed by atoms with E-state index in [4.69, 9.17) is 21.4 Å². The van der Waals surface area contributed by atoms with Crippen molar-refractivity contribution in [2.45, 2.75) is 51.1 Å². The lowest BCUT2D eigenvalue weighted by atomic mass is 9.94. The Labute approximate surface area is 260 Å². The summed E-state index contributed by atoms with van der Waals surface area (Å²) in [5.41, 5.74) is 3.01. The normalized spacial score (nSPS) is 14.4. The summed E-state index contributed by atoms with van der Waals surface area (Å²) in [6.07, 6.45) is 5.20. The molecule has 1 fully saturated rings. The minimum absolute atomic E-state index is 0.0769. The molecule has 1 atom stereocenters. The van der Waals surface area contributed by atoms with Crippen molar-refractivity contribution in [3.8, 4) is 11.4 Å². The van der Waals surface area contributed by atoms with E-state index in [0.717, 1.165) is 47.3 Å². The number of nitrogens with one attached hydrogen (secondary N) is 1. The second-order valence-corrected chi connectivity index (χ2v) is 12.3. The Bertz CT molecular complexity index is 1730. The van der Waals surface area contributed by atoms with Gasteiger partial charge in [0.15, 0.2) is 0 Å². The van der Waals surface area contributed by atoms with E-state index < -0.39 is 6.04 Å². The highest BCUT2D eigenvalue weighted by atomic mass is 35.5. The van der Waals surface area contributed by atoms with Gasteiger partial charge in [0, 0.05) is 22.1 Å². The number of carbonyl (C=O) groups is 2. The van der Waals surface area contributed by atoms with Gasteiger partial charge in [0.25, 0.3) is 5.91 Å². The van der Waals surface area contributed by atoms with Gasteiger partial charge in [-0.1, -0.05) is 61.2 Å². The van der Waals surface area contributed by atoms with Crippen molar-refractivity contribution < 1.29 is 14.3 Å². The van der Waals surface area contributed by atoms with Gasteiger partial charge in [-0.3, -0.25) is 14.5 Å². The van der Waals surface area contributed by atoms with E-state index in [-0.39, 0.29) is 17.9 Å². The first-order valence-corrected chi connectivity index (χ1v) is 15.7. The molecule has 1 N–H and O–H groups in total. The topological polar surface area (TPSA) is 76.5 Å². The maximum Gasteiger partial charge on any atom is 0.269 e. The highest BCUT2D eigenvalue weighted by Gasteiger charge is 2.36. The summed E-state index contributed by atoms with van der Waals surface area (Å²) < 4.78 is 7.26. The molecule has 1 aliphatic rings. The third-order valence-electron chi connectivity index (χ3n) is 7.97. The van der Waals surface area contributed by atoms with Crippen LogP contribution < -0.4 is 15.0 Å². The summed E-state index contributed by atoms with van der Waals surface area (Å²) in [5, 5.41) is 9.46. The Morgan fingerprint density at radius 2 is 1.70 bits per heavy atom. The van der Waals surface area contributed by atoms with Gasteiger partial charge in [-0.25, -0.2) is 4.68 Å². The summed E-state index contributed by atoms with van der Waals surface area (Å²) in [6.45, 7) is 1.94. The van der Waals surface area contributed by atoms with Crippen LogP contribution in [0.4, 0.5) is 5.69 Å². The van der Waals surface area contributed by atoms with Gasteiger partial charge in [-0.05, 0) is 79.9 Å². The number of hydrogen-bond acceptors (Lipinski definition) is 5. The number of amides is 2. The summed E-state index contributed by atoms with van der Waals surface area (Å²) >= 11 is 7.63. The lowest BCUT2D eigenvalue weighted by Crippen LogP contribution is -2.47. The summed E-state index contributed by atoms with van der Waals surface area (Å²) in [5.74, 6) is 0.181. The smallest absolute Gasteiger partial charge is 0.269 e. The zero-order valence-corrected chi connectivity index (χ0v) is 25.7. The molecule has 5 aromatic rings. The van der Waals surface area contributed by atoms with E-state index in [1.165, 1.54) is 17.8 Å². The molecule has 0 radical (unpaired) electrons. The van der Waals surface area contributed by atoms with Crippen molar-refractivity contribution in [3.05, 3.63) is 106 Å². The van der Waals surface area contributed by atoms with Crippen LogP contribution >= 0.6 is 22.9 Å². The third kappa shape index (κ3) is 6.03. The predicted octanol–water partition coefficient (Wildman–Crippen LogP) is 7.89. The number of carbonyl (C=O) groups excluding carboxylic acids is 2. The van der Waals surface area contributed by atoms with Gasteiger partial charge >= 0.3 is 0 Å². The molecule has 0 aliphatic heterocycles. The van der Waals surface area contributed by atoms with Crippen LogP contribution in [-0.2, 0) is 4.79 Å². The number of halogens is 1. The second kappa shape index (κ2) is 12.6. The molecule has 6 rings (SSSR count). The van der Waals surface area contributed by atoms with E-state index in [1.807, 2.05) is 72.3 Å². The first-order valence-electron chi connectivity index (χ1n) is 14.5. The van der Waals surface area contributed by atoms with E-state index in [2.05, 4.69) is 5.32 Å². The molecular formula is C34H33ClN4O3S. The summed E-state index contributed by atoms with van der Waals surface area (Å²) in [6, 6.07) is 25.3. The van der Waals surface area contributed by atoms with Crippen molar-refractivity contribution in [2.75, 3.05) is 12.0 Å². The largest absolute Gasteiger partial charge is 0.497 e. The number of thiophene rings is 1. The maximum absolute atomic E-state index is 14.7. The van der Waals surface area contributed by atoms with Crippen LogP contribution in [0.1, 0.15) is 59.1 Å². The van der Waals surface area contributed by atoms with Gasteiger partial charge < -0.3 is 10.1 Å². The molecule has 9 heteroatoms. The summed E-state index contributed by atoms with van der Waals surface area (Å²) in [7, 11) is 1.60. The molecule has 0 bridgehead atoms. The van der Waals surface area contributed by atoms with Crippen LogP contribution in [0.25, 0.3) is 15.9 Å². The van der Waals surface area contributed by atoms with Crippen LogP contribution in [0, 0.1) is 6.92 Å². The number of aromatic nitrogens is 2. The molecule has 3 aromatic carbocycles. The van der Waals surface area contributed by atoms with Crippen LogP contribution in [0.5, 0.6) is 5.75 Å². The number of fused-ring (bicyclic) bond motifs is 1. The van der Waals surface area contributed by atoms with Crippen LogP contribution in [0.15, 0.2) is 84.9 Å². The van der Waals surface area contributed by atoms with Crippen molar-refractivity contribution >= 4 is 50.7 Å². The number of nitrogens with zero attached hydrogens (tertiary/aromatic N) is 3. The van der Waals surface area contributed by atoms with Crippen LogP contribution in [-0.4, -0.2) is 34.7 Å². The number of methoxy groups -OCH3 is 1. The summed E-state index contributed by atoms with van der Waals surface area (Å²) in [4.78, 5) is 31.9. The number of benzene rings is 3. The molecule has 0 saturated heterocycles. The molecule has 2 amide bonds. The predicted molar refractivity (Wildman–Crippen MR) is 173 cm³/mol. The Hall–Kier alpha value is -4.14. The minimum atomic E-state index is -0.918. The molecule has 7 nitrogen and oxygen atoms in total. The lowest BCUT2D eigenvalue weighted by molar-refractivity contribution is -0.123. The average Bonchev–Trinajstić information content (AvgIpc) is 3.61. The highest BCUT2D eigenvalue weighted by molar-refractivity contribution is 7.20. The number of aryl methyl sites for hydroxylation is 1. The van der Waals surface area contributed by atoms with Crippen molar-refractivity contribution in [2.24, 2.45) is 0 Å². The average molecular weight is 613 g/mol. The van der Waals surface area contributed by atoms with Gasteiger partial charge in [0.1, 0.15) is 16.6 Å². The third-order valence-corrected chi connectivity index (χ3v) is 9.32. The van der Waals surface area contributed by atoms with Gasteiger partial charge in [-0.15, -0.1) is 11.3 Å². The van der Waals surface area contributed by atoms with Gasteiger partial charge in [0.05, 0.1) is 23.4 Å². The van der Waals surface area contributed by atoms with E-state index in [9.17, 15) is 9.59 Å². The van der Waals surface area contributed by atoms with Gasteiger partial charge in [-0.2, -0.15) is 5.10 Å². The number of anilines is 1. The fourth-order valence-electron chi connectivity index (χ4n) is 5.73. The number of rotatable bonds is 8. The van der Waals surface area contributed by atoms with Crippen molar-refractivity contribution in [1.29, 1.82) is 0 Å². The van der Waals surface area contributed by atoms with Crippen LogP contribution in [0.2, 0.25) is 5.02 Å². The highest BCUT2D eigenvalue weighted by Crippen LogP contribution is 2.36. The Balaban J connectivity index is 1.46. The number of ether oxygens (including phenoxy) is 1. The Morgan fingerprint density at radius 3 is 2.37 bits per heavy atom. The van der Waals surface area contributed by atoms with Crippen molar-refractivity contribution in [3.63, 3.8) is 0 Å². The standard InChI is InChI=1S/C34H33ClN4O3S/c1-22-29-21-30(43-34(29)39(37-22)27-11-7-4-8-12-27)33(41)38(26-17-15-24(35)16-18-26)31(23-13-19-28(42-2)20-14-23)32(40)36-25-9-5-3-6-10-25/h4,7-8,11-21,25,31H,3,5-6,9-10H2,1-2H3,(H,36,40)/t31-/m1/s1. The Morgan fingerprint density at radius 1 is 1.00 bits per heavy atom. The lowest BCUT2D eigenvalue weighted by Gasteiger charge is -2.33. The molecule has 220 valence electrons. The first kappa shape index (κ1) is 29.0. The Kier molecular flexibility index (Phi) is 8.49. The molecule has 0 unspecified atom stereocenters. The fraction of sp³-hybridized carbons (Fsp3) is 0.265. The zero-order valence-electron chi connectivity index (χ0n) is 24.1. The van der Waals surface area contributed by atoms with Crippen LogP contribution in [0.3, 0.4) is 0 Å². The second-order valence-electron chi connectivity index (χ2n) is 10.8. The molecule has 0 spiro atoms. The molecule has 43 heavy (non-hydrogen) atoms. The molecule has 1 aliphatic carbocycles. The van der Waals surface area contributed by atoms with E-state index in [1.54, 1.807) is 36.3 Å². The van der Waals surface area contributed by atoms with Crippen molar-refractivity contribution in [1.82, 2.24) is 15.1 Å². The monoisotopic (exact) mass is 612 g/mol. The van der Waals surface area contributed by atoms with E-state index in [0.29, 0.717) is 26.9 Å². The number of para-hydroxylation sites is 1. The maximum atomic E-state index is 14.7. The quantitative estimate of drug-likeness (QED) is 0.193. The van der Waals surface area contributed by atoms with E-state index >= 15 is 0 Å². The molecule has 2 heterocycles. The fourth-order valence-corrected chi connectivity index (χ4v) is 6.98. The molecular weight excluding hydrogens is 580 g/mol. The SMILES string of the molecule is COc1ccc([C@H](C(=O)NC2CCCCC2)N(C(=O)c2cc3c(C)nn(-c4ccccc4)c3s2)c2ccc(Cl)cc2)cc1.